The number of sulfone groups is 1. The number of Topliss-reactive ketones (excluding diaryl/α,β-unsaturated/α-hetero) is 1. The number of nitrogen functional groups attached to an aromatic ring is 1. The van der Waals surface area contributed by atoms with Gasteiger partial charge in [-0.25, -0.2) is 8.42 Å². The van der Waals surface area contributed by atoms with E-state index in [-0.39, 0.29) is 18.0 Å². The second-order valence-electron chi connectivity index (χ2n) is 4.08. The van der Waals surface area contributed by atoms with E-state index in [0.717, 1.165) is 6.26 Å². The molecular weight excluding hydrogens is 254 g/mol. The summed E-state index contributed by atoms with van der Waals surface area (Å²) in [6, 6.07) is 4.96. The summed E-state index contributed by atoms with van der Waals surface area (Å²) in [5.74, 6) is 0.279. The fraction of sp³-hybridized carbons (Fsp3) is 0.417. The van der Waals surface area contributed by atoms with Gasteiger partial charge < -0.3 is 10.5 Å². The number of ketones is 1. The molecule has 0 unspecified atom stereocenters. The standard InChI is InChI=1S/C12H17NO4S/c1-17-11-7-3-5-9(12(11)13)10(14)6-4-8-18(2,15)16/h3,5,7H,4,6,8,13H2,1-2H3. The fourth-order valence-corrected chi connectivity index (χ4v) is 2.26. The highest BCUT2D eigenvalue weighted by atomic mass is 32.2. The van der Waals surface area contributed by atoms with Crippen LogP contribution >= 0.6 is 0 Å². The largest absolute Gasteiger partial charge is 0.495 e. The first-order chi connectivity index (χ1) is 8.35. The average Bonchev–Trinajstić information content (AvgIpc) is 2.27. The third-order valence-corrected chi connectivity index (χ3v) is 3.54. The van der Waals surface area contributed by atoms with Gasteiger partial charge in [0.05, 0.1) is 18.6 Å². The van der Waals surface area contributed by atoms with Crippen molar-refractivity contribution in [1.29, 1.82) is 0 Å². The maximum atomic E-state index is 11.9. The summed E-state index contributed by atoms with van der Waals surface area (Å²) in [5, 5.41) is 0. The maximum Gasteiger partial charge on any atom is 0.165 e. The molecule has 0 aliphatic rings. The van der Waals surface area contributed by atoms with Gasteiger partial charge in [0.25, 0.3) is 0 Å². The molecule has 5 nitrogen and oxygen atoms in total. The molecule has 0 spiro atoms. The zero-order valence-electron chi connectivity index (χ0n) is 10.5. The Morgan fingerprint density at radius 2 is 2.06 bits per heavy atom. The minimum atomic E-state index is -3.03. The van der Waals surface area contributed by atoms with Crippen LogP contribution in [0.4, 0.5) is 5.69 Å². The molecule has 0 aliphatic carbocycles. The second-order valence-corrected chi connectivity index (χ2v) is 6.34. The number of nitrogens with two attached hydrogens (primary N) is 1. The van der Waals surface area contributed by atoms with Crippen LogP contribution in [-0.2, 0) is 9.84 Å². The molecule has 0 aromatic heterocycles. The third kappa shape index (κ3) is 4.03. The summed E-state index contributed by atoms with van der Waals surface area (Å²) >= 11 is 0. The minimum Gasteiger partial charge on any atom is -0.495 e. The van der Waals surface area contributed by atoms with Gasteiger partial charge >= 0.3 is 0 Å². The topological polar surface area (TPSA) is 86.5 Å². The first-order valence-electron chi connectivity index (χ1n) is 5.48. The first-order valence-corrected chi connectivity index (χ1v) is 7.54. The Balaban J connectivity index is 2.73. The first kappa shape index (κ1) is 14.5. The average molecular weight is 271 g/mol. The van der Waals surface area contributed by atoms with Crippen molar-refractivity contribution >= 4 is 21.3 Å². The number of carbonyl (C=O) groups is 1. The molecule has 0 atom stereocenters. The van der Waals surface area contributed by atoms with Crippen molar-refractivity contribution in [1.82, 2.24) is 0 Å². The molecule has 6 heteroatoms. The van der Waals surface area contributed by atoms with E-state index >= 15 is 0 Å². The number of carbonyl (C=O) groups excluding carboxylic acids is 1. The van der Waals surface area contributed by atoms with Gasteiger partial charge in [0.1, 0.15) is 15.6 Å². The molecule has 0 bridgehead atoms. The van der Waals surface area contributed by atoms with Gasteiger partial charge in [-0.2, -0.15) is 0 Å². The number of anilines is 1. The molecule has 0 aliphatic heterocycles. The van der Waals surface area contributed by atoms with Crippen LogP contribution in [0.5, 0.6) is 5.75 Å². The highest BCUT2D eigenvalue weighted by molar-refractivity contribution is 7.90. The summed E-state index contributed by atoms with van der Waals surface area (Å²) in [7, 11) is -1.56. The number of methoxy groups -OCH3 is 1. The van der Waals surface area contributed by atoms with Gasteiger partial charge in [0.15, 0.2) is 5.78 Å². The zero-order chi connectivity index (χ0) is 13.8. The van der Waals surface area contributed by atoms with Crippen molar-refractivity contribution < 1.29 is 17.9 Å². The van der Waals surface area contributed by atoms with E-state index in [4.69, 9.17) is 10.5 Å². The van der Waals surface area contributed by atoms with Gasteiger partial charge in [-0.05, 0) is 18.6 Å². The number of benzene rings is 1. The van der Waals surface area contributed by atoms with Crippen molar-refractivity contribution in [2.24, 2.45) is 0 Å². The summed E-state index contributed by atoms with van der Waals surface area (Å²) in [6.45, 7) is 0. The van der Waals surface area contributed by atoms with Gasteiger partial charge in [-0.1, -0.05) is 6.07 Å². The number of ether oxygens (including phenoxy) is 1. The maximum absolute atomic E-state index is 11.9. The van der Waals surface area contributed by atoms with Crippen molar-refractivity contribution in [2.75, 3.05) is 24.9 Å². The normalized spacial score (nSPS) is 11.2. The molecule has 0 fully saturated rings. The second kappa shape index (κ2) is 5.86. The SMILES string of the molecule is COc1cccc(C(=O)CCCS(C)(=O)=O)c1N. The lowest BCUT2D eigenvalue weighted by Crippen LogP contribution is -2.08. The Bertz CT molecular complexity index is 537. The lowest BCUT2D eigenvalue weighted by atomic mass is 10.0. The number of hydrogen-bond donors (Lipinski definition) is 1. The van der Waals surface area contributed by atoms with Gasteiger partial charge in [0, 0.05) is 18.2 Å². The van der Waals surface area contributed by atoms with E-state index in [2.05, 4.69) is 0 Å². The molecule has 0 radical (unpaired) electrons. The van der Waals surface area contributed by atoms with E-state index in [0.29, 0.717) is 23.4 Å². The van der Waals surface area contributed by atoms with Crippen LogP contribution in [0.25, 0.3) is 0 Å². The van der Waals surface area contributed by atoms with Crippen LogP contribution in [0, 0.1) is 0 Å². The molecule has 18 heavy (non-hydrogen) atoms. The lowest BCUT2D eigenvalue weighted by molar-refractivity contribution is 0.0982. The van der Waals surface area contributed by atoms with Crippen molar-refractivity contribution in [2.45, 2.75) is 12.8 Å². The van der Waals surface area contributed by atoms with Gasteiger partial charge in [0.2, 0.25) is 0 Å². The Morgan fingerprint density at radius 1 is 1.39 bits per heavy atom. The van der Waals surface area contributed by atoms with Crippen molar-refractivity contribution in [3.05, 3.63) is 23.8 Å². The molecule has 1 aromatic carbocycles. The Kier molecular flexibility index (Phi) is 4.72. The van der Waals surface area contributed by atoms with Crippen LogP contribution in [0.2, 0.25) is 0 Å². The quantitative estimate of drug-likeness (QED) is 0.622. The highest BCUT2D eigenvalue weighted by Gasteiger charge is 2.13. The van der Waals surface area contributed by atoms with E-state index in [1.807, 2.05) is 0 Å². The van der Waals surface area contributed by atoms with E-state index in [9.17, 15) is 13.2 Å². The fourth-order valence-electron chi connectivity index (χ4n) is 1.59. The Labute approximate surface area is 107 Å². The molecule has 0 saturated heterocycles. The number of hydrogen-bond acceptors (Lipinski definition) is 5. The molecule has 0 amide bonds. The van der Waals surface area contributed by atoms with E-state index in [1.165, 1.54) is 7.11 Å². The number of para-hydroxylation sites is 1. The predicted molar refractivity (Wildman–Crippen MR) is 70.7 cm³/mol. The third-order valence-electron chi connectivity index (χ3n) is 2.51. The van der Waals surface area contributed by atoms with Crippen LogP contribution in [0.15, 0.2) is 18.2 Å². The Morgan fingerprint density at radius 3 is 2.61 bits per heavy atom. The Hall–Kier alpha value is -1.56. The van der Waals surface area contributed by atoms with Gasteiger partial charge in [-0.3, -0.25) is 4.79 Å². The summed E-state index contributed by atoms with van der Waals surface area (Å²) < 4.78 is 26.9. The van der Waals surface area contributed by atoms with E-state index in [1.54, 1.807) is 18.2 Å². The lowest BCUT2D eigenvalue weighted by Gasteiger charge is -2.08. The minimum absolute atomic E-state index is 0.00259. The van der Waals surface area contributed by atoms with Crippen molar-refractivity contribution in [3.63, 3.8) is 0 Å². The van der Waals surface area contributed by atoms with Crippen molar-refractivity contribution in [3.8, 4) is 5.75 Å². The molecule has 0 saturated carbocycles. The number of rotatable bonds is 6. The van der Waals surface area contributed by atoms with Crippen LogP contribution < -0.4 is 10.5 Å². The summed E-state index contributed by atoms with van der Waals surface area (Å²) in [4.78, 5) is 11.9. The van der Waals surface area contributed by atoms with E-state index < -0.39 is 9.84 Å². The van der Waals surface area contributed by atoms with Crippen LogP contribution in [-0.4, -0.2) is 33.3 Å². The molecule has 100 valence electrons. The van der Waals surface area contributed by atoms with Gasteiger partial charge in [-0.15, -0.1) is 0 Å². The molecule has 2 N–H and O–H groups in total. The molecular formula is C12H17NO4S. The molecule has 1 aromatic rings. The summed E-state index contributed by atoms with van der Waals surface area (Å²) in [6.07, 6.45) is 1.61. The van der Waals surface area contributed by atoms with Crippen LogP contribution in [0.3, 0.4) is 0 Å². The highest BCUT2D eigenvalue weighted by Crippen LogP contribution is 2.25. The molecule has 1 rings (SSSR count). The smallest absolute Gasteiger partial charge is 0.165 e. The molecule has 0 heterocycles. The summed E-state index contributed by atoms with van der Waals surface area (Å²) in [5.41, 5.74) is 6.46. The zero-order valence-corrected chi connectivity index (χ0v) is 11.3. The predicted octanol–water partition coefficient (Wildman–Crippen LogP) is 1.28. The van der Waals surface area contributed by atoms with Crippen LogP contribution in [0.1, 0.15) is 23.2 Å². The monoisotopic (exact) mass is 271 g/mol.